The van der Waals surface area contributed by atoms with Crippen LogP contribution < -0.4 is 0 Å². The van der Waals surface area contributed by atoms with Gasteiger partial charge in [-0.2, -0.15) is 0 Å². The zero-order valence-electron chi connectivity index (χ0n) is 10.3. The number of nitrogens with zero attached hydrogens (tertiary/aromatic N) is 1. The van der Waals surface area contributed by atoms with Crippen LogP contribution >= 0.6 is 45.2 Å². The van der Waals surface area contributed by atoms with Gasteiger partial charge in [0.1, 0.15) is 1.43 Å². The molecule has 0 radical (unpaired) electrons. The van der Waals surface area contributed by atoms with Crippen LogP contribution in [0.3, 0.4) is 0 Å². The predicted octanol–water partition coefficient (Wildman–Crippen LogP) is 3.32. The smallest absolute Gasteiger partial charge is 0.223 e. The first-order chi connectivity index (χ1) is 7.88. The van der Waals surface area contributed by atoms with Crippen molar-refractivity contribution in [1.29, 1.82) is 0 Å². The van der Waals surface area contributed by atoms with Crippen molar-refractivity contribution in [2.24, 2.45) is 0 Å². The molecular formula is C12H19I2NO2. The first kappa shape index (κ1) is 15.7. The molecule has 1 amide bonds. The number of likely N-dealkylation sites (tertiary alicyclic amines) is 1. The van der Waals surface area contributed by atoms with Gasteiger partial charge >= 0.3 is 0 Å². The van der Waals surface area contributed by atoms with Crippen molar-refractivity contribution >= 4 is 56.9 Å². The van der Waals surface area contributed by atoms with E-state index in [9.17, 15) is 9.59 Å². The van der Waals surface area contributed by atoms with Gasteiger partial charge < -0.3 is 4.90 Å². The van der Waals surface area contributed by atoms with Crippen LogP contribution in [0.25, 0.3) is 0 Å². The van der Waals surface area contributed by atoms with Crippen molar-refractivity contribution in [3.8, 4) is 0 Å². The molecule has 1 saturated heterocycles. The van der Waals surface area contributed by atoms with E-state index in [4.69, 9.17) is 0 Å². The number of rotatable bonds is 4. The van der Waals surface area contributed by atoms with Crippen molar-refractivity contribution in [2.45, 2.75) is 53.4 Å². The highest BCUT2D eigenvalue weighted by atomic mass is 127. The van der Waals surface area contributed by atoms with Gasteiger partial charge in [0, 0.05) is 13.0 Å². The van der Waals surface area contributed by atoms with E-state index in [1.165, 1.54) is 0 Å². The van der Waals surface area contributed by atoms with Gasteiger partial charge in [-0.05, 0) is 32.6 Å². The highest BCUT2D eigenvalue weighted by molar-refractivity contribution is 14.2. The molecule has 0 aromatic carbocycles. The molecule has 3 nitrogen and oxygen atoms in total. The van der Waals surface area contributed by atoms with Crippen molar-refractivity contribution < 1.29 is 9.59 Å². The first-order valence-electron chi connectivity index (χ1n) is 6.09. The van der Waals surface area contributed by atoms with Crippen molar-refractivity contribution in [1.82, 2.24) is 4.90 Å². The normalized spacial score (nSPS) is 21.4. The minimum atomic E-state index is -0.414. The predicted molar refractivity (Wildman–Crippen MR) is 85.7 cm³/mol. The van der Waals surface area contributed by atoms with E-state index >= 15 is 0 Å². The van der Waals surface area contributed by atoms with Crippen LogP contribution in [0.4, 0.5) is 0 Å². The molecule has 0 aliphatic carbocycles. The summed E-state index contributed by atoms with van der Waals surface area (Å²) in [5, 5.41) is 0. The third kappa shape index (κ3) is 4.33. The molecule has 0 unspecified atom stereocenters. The molecule has 1 fully saturated rings. The Morgan fingerprint density at radius 2 is 2.00 bits per heavy atom. The third-order valence-corrected chi connectivity index (χ3v) is 4.09. The molecule has 0 bridgehead atoms. The summed E-state index contributed by atoms with van der Waals surface area (Å²) in [6.07, 6.45) is 4.31. The number of ketones is 1. The molecule has 98 valence electrons. The number of hydrogen-bond acceptors (Lipinski definition) is 2. The number of hydrogen-bond donors (Lipinski definition) is 0. The molecule has 1 rings (SSSR count). The SMILES string of the molecule is CCCC(=O)N1CCCC[C@H]1C(=O)C(C)(I)I. The fourth-order valence-corrected chi connectivity index (χ4v) is 2.87. The second-order valence-electron chi connectivity index (χ2n) is 4.60. The second kappa shape index (κ2) is 6.68. The van der Waals surface area contributed by atoms with E-state index in [0.29, 0.717) is 6.42 Å². The molecule has 5 heteroatoms. The third-order valence-electron chi connectivity index (χ3n) is 3.02. The standard InChI is InChI=1S/C12H19I2NO2/c1-3-6-10(16)15-8-5-4-7-9(15)11(17)12(2,13)14/h9H,3-8H2,1-2H3/t9-/m0/s1. The van der Waals surface area contributed by atoms with E-state index in [1.807, 2.05) is 18.7 Å². The zero-order valence-corrected chi connectivity index (χ0v) is 14.7. The van der Waals surface area contributed by atoms with Gasteiger partial charge in [0.15, 0.2) is 5.78 Å². The maximum atomic E-state index is 12.3. The number of Topliss-reactive ketones (excluding diaryl/α,β-unsaturated/α-hetero) is 1. The van der Waals surface area contributed by atoms with Gasteiger partial charge in [-0.25, -0.2) is 0 Å². The van der Waals surface area contributed by atoms with Crippen LogP contribution in [-0.2, 0) is 9.59 Å². The lowest BCUT2D eigenvalue weighted by atomic mass is 9.96. The van der Waals surface area contributed by atoms with Crippen molar-refractivity contribution in [3.63, 3.8) is 0 Å². The number of amides is 1. The molecule has 0 saturated carbocycles. The Morgan fingerprint density at radius 3 is 2.53 bits per heavy atom. The number of alkyl halides is 2. The minimum absolute atomic E-state index is 0.141. The van der Waals surface area contributed by atoms with Crippen LogP contribution in [0.1, 0.15) is 46.0 Å². The fourth-order valence-electron chi connectivity index (χ4n) is 2.15. The summed E-state index contributed by atoms with van der Waals surface area (Å²) in [4.78, 5) is 26.1. The first-order valence-corrected chi connectivity index (χ1v) is 8.25. The summed E-state index contributed by atoms with van der Waals surface area (Å²) in [5.41, 5.74) is 0. The Labute approximate surface area is 130 Å². The Balaban J connectivity index is 2.79. The van der Waals surface area contributed by atoms with Crippen LogP contribution in [-0.4, -0.2) is 30.6 Å². The minimum Gasteiger partial charge on any atom is -0.333 e. The van der Waals surface area contributed by atoms with Gasteiger partial charge in [-0.1, -0.05) is 52.1 Å². The second-order valence-corrected chi connectivity index (χ2v) is 11.0. The highest BCUT2D eigenvalue weighted by Gasteiger charge is 2.38. The lowest BCUT2D eigenvalue weighted by Gasteiger charge is -2.36. The molecule has 0 aromatic rings. The number of carbonyl (C=O) groups excluding carboxylic acids is 2. The Morgan fingerprint density at radius 1 is 1.35 bits per heavy atom. The van der Waals surface area contributed by atoms with Crippen LogP contribution in [0.5, 0.6) is 0 Å². The molecule has 1 atom stereocenters. The monoisotopic (exact) mass is 463 g/mol. The lowest BCUT2D eigenvalue weighted by molar-refractivity contribution is -0.141. The number of carbonyl (C=O) groups is 2. The summed E-state index contributed by atoms with van der Waals surface area (Å²) in [6.45, 7) is 4.66. The summed E-state index contributed by atoms with van der Waals surface area (Å²) in [6, 6.07) is -0.193. The Bertz CT molecular complexity index is 299. The van der Waals surface area contributed by atoms with Gasteiger partial charge in [0.2, 0.25) is 5.91 Å². The lowest BCUT2D eigenvalue weighted by Crippen LogP contribution is -2.51. The molecule has 0 spiro atoms. The molecule has 1 aliphatic rings. The maximum absolute atomic E-state index is 12.3. The van der Waals surface area contributed by atoms with Crippen molar-refractivity contribution in [3.05, 3.63) is 0 Å². The summed E-state index contributed by atoms with van der Waals surface area (Å²) in [5.74, 6) is 0.324. The van der Waals surface area contributed by atoms with Crippen molar-refractivity contribution in [2.75, 3.05) is 6.54 Å². The molecule has 0 N–H and O–H groups in total. The number of halogens is 2. The van der Waals surface area contributed by atoms with Gasteiger partial charge in [-0.15, -0.1) is 0 Å². The largest absolute Gasteiger partial charge is 0.333 e. The highest BCUT2D eigenvalue weighted by Crippen LogP contribution is 2.33. The summed E-state index contributed by atoms with van der Waals surface area (Å²) in [7, 11) is 0. The summed E-state index contributed by atoms with van der Waals surface area (Å²) < 4.78 is -0.414. The maximum Gasteiger partial charge on any atom is 0.223 e. The summed E-state index contributed by atoms with van der Waals surface area (Å²) >= 11 is 4.32. The molecular weight excluding hydrogens is 444 g/mol. The molecule has 0 aromatic heterocycles. The topological polar surface area (TPSA) is 37.4 Å². The Kier molecular flexibility index (Phi) is 6.15. The van der Waals surface area contributed by atoms with E-state index in [-0.39, 0.29) is 17.7 Å². The van der Waals surface area contributed by atoms with E-state index < -0.39 is 1.43 Å². The van der Waals surface area contributed by atoms with Gasteiger partial charge in [0.05, 0.1) is 6.04 Å². The quantitative estimate of drug-likeness (QED) is 0.474. The zero-order chi connectivity index (χ0) is 13.1. The molecule has 1 heterocycles. The van der Waals surface area contributed by atoms with Gasteiger partial charge in [0.25, 0.3) is 0 Å². The number of piperidine rings is 1. The molecule has 1 aliphatic heterocycles. The average Bonchev–Trinajstić information content (AvgIpc) is 2.27. The molecule has 17 heavy (non-hydrogen) atoms. The van der Waals surface area contributed by atoms with Crippen LogP contribution in [0.2, 0.25) is 0 Å². The Hall–Kier alpha value is 0.600. The van der Waals surface area contributed by atoms with E-state index in [2.05, 4.69) is 45.2 Å². The van der Waals surface area contributed by atoms with Gasteiger partial charge in [-0.3, -0.25) is 9.59 Å². The fraction of sp³-hybridized carbons (Fsp3) is 0.833. The van der Waals surface area contributed by atoms with Crippen LogP contribution in [0, 0.1) is 0 Å². The average molecular weight is 463 g/mol. The van der Waals surface area contributed by atoms with E-state index in [0.717, 1.165) is 32.2 Å². The van der Waals surface area contributed by atoms with E-state index in [1.54, 1.807) is 0 Å². The van der Waals surface area contributed by atoms with Crippen LogP contribution in [0.15, 0.2) is 0 Å².